The number of carbonyl (C=O) groups is 1. The summed E-state index contributed by atoms with van der Waals surface area (Å²) in [6.45, 7) is 2.62. The Balaban J connectivity index is 1.47. The van der Waals surface area contributed by atoms with E-state index >= 15 is 0 Å². The van der Waals surface area contributed by atoms with Gasteiger partial charge in [-0.05, 0) is 61.1 Å². The Morgan fingerprint density at radius 3 is 2.48 bits per heavy atom. The first kappa shape index (κ1) is 23.5. The third kappa shape index (κ3) is 5.46. The van der Waals surface area contributed by atoms with Crippen molar-refractivity contribution in [1.82, 2.24) is 9.62 Å². The van der Waals surface area contributed by atoms with Gasteiger partial charge in [-0.3, -0.25) is 4.79 Å². The molecule has 0 radical (unpaired) electrons. The number of benzene rings is 3. The maximum atomic E-state index is 13.4. The Hall–Kier alpha value is -2.67. The number of halogens is 1. The summed E-state index contributed by atoms with van der Waals surface area (Å²) in [5, 5.41) is 3.08. The molecule has 172 valence electrons. The van der Waals surface area contributed by atoms with Gasteiger partial charge in [-0.1, -0.05) is 66.2 Å². The predicted octanol–water partition coefficient (Wildman–Crippen LogP) is 4.84. The topological polar surface area (TPSA) is 66.5 Å². The van der Waals surface area contributed by atoms with Crippen molar-refractivity contribution < 1.29 is 13.2 Å². The quantitative estimate of drug-likeness (QED) is 0.524. The second-order valence-corrected chi connectivity index (χ2v) is 10.7. The van der Waals surface area contributed by atoms with Gasteiger partial charge >= 0.3 is 0 Å². The van der Waals surface area contributed by atoms with E-state index in [-0.39, 0.29) is 27.4 Å². The van der Waals surface area contributed by atoms with Gasteiger partial charge in [-0.2, -0.15) is 4.31 Å². The number of nitrogens with one attached hydrogen (secondary N) is 1. The van der Waals surface area contributed by atoms with Crippen LogP contribution in [0.1, 0.15) is 40.4 Å². The molecule has 1 amide bonds. The Morgan fingerprint density at radius 2 is 1.73 bits per heavy atom. The van der Waals surface area contributed by atoms with E-state index in [9.17, 15) is 13.2 Å². The van der Waals surface area contributed by atoms with Gasteiger partial charge in [0.25, 0.3) is 5.91 Å². The molecule has 1 aliphatic rings. The van der Waals surface area contributed by atoms with Gasteiger partial charge < -0.3 is 5.32 Å². The fourth-order valence-electron chi connectivity index (χ4n) is 4.06. The molecular formula is C26H27ClN2O3S. The molecule has 0 fully saturated rings. The lowest BCUT2D eigenvalue weighted by Crippen LogP contribution is -2.36. The Kier molecular flexibility index (Phi) is 7.17. The molecule has 0 saturated carbocycles. The molecule has 5 nitrogen and oxygen atoms in total. The van der Waals surface area contributed by atoms with Crippen LogP contribution in [0.3, 0.4) is 0 Å². The zero-order chi connectivity index (χ0) is 23.4. The standard InChI is InChI=1S/C26H27ClN2O3S/c1-19(11-12-20-7-3-2-4-8-20)28-26(30)22-13-14-24(27)25(17-22)33(31,32)29-16-15-21-9-5-6-10-23(21)18-29/h2-10,13-14,17,19H,11-12,15-16,18H2,1H3,(H,28,30)/t19-/m1/s1. The number of carbonyl (C=O) groups excluding carboxylic acids is 1. The van der Waals surface area contributed by atoms with Crippen molar-refractivity contribution in [3.8, 4) is 0 Å². The summed E-state index contributed by atoms with van der Waals surface area (Å²) in [5.74, 6) is -0.312. The number of aryl methyl sites for hydroxylation is 1. The summed E-state index contributed by atoms with van der Waals surface area (Å²) in [6.07, 6.45) is 2.27. The average Bonchev–Trinajstić information content (AvgIpc) is 2.83. The molecule has 1 N–H and O–H groups in total. The van der Waals surface area contributed by atoms with Crippen LogP contribution in [-0.4, -0.2) is 31.2 Å². The van der Waals surface area contributed by atoms with E-state index in [1.807, 2.05) is 49.4 Å². The molecule has 0 bridgehead atoms. The molecule has 4 rings (SSSR count). The van der Waals surface area contributed by atoms with E-state index in [0.717, 1.165) is 24.0 Å². The Morgan fingerprint density at radius 1 is 1.03 bits per heavy atom. The minimum atomic E-state index is -3.84. The summed E-state index contributed by atoms with van der Waals surface area (Å²) < 4.78 is 28.2. The number of rotatable bonds is 7. The van der Waals surface area contributed by atoms with Gasteiger partial charge in [0.05, 0.1) is 5.02 Å². The Bertz CT molecular complexity index is 1250. The lowest BCUT2D eigenvalue weighted by atomic mass is 10.0. The third-order valence-corrected chi connectivity index (χ3v) is 8.32. The number of hydrogen-bond donors (Lipinski definition) is 1. The predicted molar refractivity (Wildman–Crippen MR) is 131 cm³/mol. The molecular weight excluding hydrogens is 456 g/mol. The van der Waals surface area contributed by atoms with Crippen LogP contribution in [0.5, 0.6) is 0 Å². The fraction of sp³-hybridized carbons (Fsp3) is 0.269. The average molecular weight is 483 g/mol. The van der Waals surface area contributed by atoms with E-state index in [4.69, 9.17) is 11.6 Å². The molecule has 0 unspecified atom stereocenters. The van der Waals surface area contributed by atoms with E-state index in [2.05, 4.69) is 17.4 Å². The maximum absolute atomic E-state index is 13.4. The highest BCUT2D eigenvalue weighted by atomic mass is 35.5. The van der Waals surface area contributed by atoms with Crippen molar-refractivity contribution in [2.24, 2.45) is 0 Å². The largest absolute Gasteiger partial charge is 0.350 e. The molecule has 0 saturated heterocycles. The van der Waals surface area contributed by atoms with Crippen molar-refractivity contribution >= 4 is 27.5 Å². The van der Waals surface area contributed by atoms with Crippen molar-refractivity contribution in [2.75, 3.05) is 6.54 Å². The number of fused-ring (bicyclic) bond motifs is 1. The SMILES string of the molecule is C[C@H](CCc1ccccc1)NC(=O)c1ccc(Cl)c(S(=O)(=O)N2CCc3ccccc3C2)c1. The molecule has 1 aliphatic heterocycles. The third-order valence-electron chi connectivity index (χ3n) is 5.99. The first-order valence-corrected chi connectivity index (χ1v) is 12.9. The normalized spacial score (nSPS) is 15.0. The van der Waals surface area contributed by atoms with Gasteiger partial charge in [0.1, 0.15) is 4.90 Å². The van der Waals surface area contributed by atoms with E-state index in [1.165, 1.54) is 22.0 Å². The number of nitrogens with zero attached hydrogens (tertiary/aromatic N) is 1. The van der Waals surface area contributed by atoms with Crippen molar-refractivity contribution in [2.45, 2.75) is 43.7 Å². The summed E-state index contributed by atoms with van der Waals surface area (Å²) in [4.78, 5) is 12.8. The summed E-state index contributed by atoms with van der Waals surface area (Å²) in [7, 11) is -3.84. The van der Waals surface area contributed by atoms with E-state index in [0.29, 0.717) is 19.5 Å². The smallest absolute Gasteiger partial charge is 0.251 e. The van der Waals surface area contributed by atoms with Gasteiger partial charge in [0.15, 0.2) is 0 Å². The van der Waals surface area contributed by atoms with Gasteiger partial charge in [-0.25, -0.2) is 8.42 Å². The van der Waals surface area contributed by atoms with Crippen LogP contribution in [0.2, 0.25) is 5.02 Å². The molecule has 1 atom stereocenters. The molecule has 0 spiro atoms. The van der Waals surface area contributed by atoms with Crippen LogP contribution in [0.15, 0.2) is 77.7 Å². The van der Waals surface area contributed by atoms with Crippen molar-refractivity contribution in [1.29, 1.82) is 0 Å². The van der Waals surface area contributed by atoms with Crippen LogP contribution < -0.4 is 5.32 Å². The van der Waals surface area contributed by atoms with Gasteiger partial charge in [0, 0.05) is 24.7 Å². The summed E-state index contributed by atoms with van der Waals surface area (Å²) in [5.41, 5.74) is 3.64. The van der Waals surface area contributed by atoms with Crippen LogP contribution in [0.4, 0.5) is 0 Å². The number of hydrogen-bond acceptors (Lipinski definition) is 3. The van der Waals surface area contributed by atoms with E-state index in [1.54, 1.807) is 6.07 Å². The highest BCUT2D eigenvalue weighted by molar-refractivity contribution is 7.89. The highest BCUT2D eigenvalue weighted by Crippen LogP contribution is 2.29. The van der Waals surface area contributed by atoms with Crippen LogP contribution >= 0.6 is 11.6 Å². The van der Waals surface area contributed by atoms with Gasteiger partial charge in [0.2, 0.25) is 10.0 Å². The zero-order valence-corrected chi connectivity index (χ0v) is 20.1. The molecule has 7 heteroatoms. The second-order valence-electron chi connectivity index (χ2n) is 8.40. The van der Waals surface area contributed by atoms with Gasteiger partial charge in [-0.15, -0.1) is 0 Å². The fourth-order valence-corrected chi connectivity index (χ4v) is 5.98. The molecule has 0 aromatic heterocycles. The number of sulfonamides is 1. The monoisotopic (exact) mass is 482 g/mol. The lowest BCUT2D eigenvalue weighted by Gasteiger charge is -2.28. The lowest BCUT2D eigenvalue weighted by molar-refractivity contribution is 0.0938. The van der Waals surface area contributed by atoms with Crippen LogP contribution in [0.25, 0.3) is 0 Å². The second kappa shape index (κ2) is 10.1. The molecule has 1 heterocycles. The zero-order valence-electron chi connectivity index (χ0n) is 18.5. The first-order valence-electron chi connectivity index (χ1n) is 11.1. The van der Waals surface area contributed by atoms with Crippen molar-refractivity contribution in [3.63, 3.8) is 0 Å². The molecule has 3 aromatic carbocycles. The minimum Gasteiger partial charge on any atom is -0.350 e. The maximum Gasteiger partial charge on any atom is 0.251 e. The summed E-state index contributed by atoms with van der Waals surface area (Å²) in [6, 6.07) is 22.3. The minimum absolute atomic E-state index is 0.0341. The molecule has 0 aliphatic carbocycles. The summed E-state index contributed by atoms with van der Waals surface area (Å²) >= 11 is 6.29. The van der Waals surface area contributed by atoms with E-state index < -0.39 is 10.0 Å². The van der Waals surface area contributed by atoms with Crippen LogP contribution in [0, 0.1) is 0 Å². The molecule has 33 heavy (non-hydrogen) atoms. The first-order chi connectivity index (χ1) is 15.8. The highest BCUT2D eigenvalue weighted by Gasteiger charge is 2.30. The number of amides is 1. The molecule has 3 aromatic rings. The Labute approximate surface area is 200 Å². The van der Waals surface area contributed by atoms with Crippen LogP contribution in [-0.2, 0) is 29.4 Å². The van der Waals surface area contributed by atoms with Crippen molar-refractivity contribution in [3.05, 3.63) is 100 Å².